The maximum absolute atomic E-state index is 13.8. The summed E-state index contributed by atoms with van der Waals surface area (Å²) in [6, 6.07) is 18.1. The Kier molecular flexibility index (Phi) is 10.5. The highest BCUT2D eigenvalue weighted by Gasteiger charge is 2.32. The third kappa shape index (κ3) is 7.83. The first-order valence-corrected chi connectivity index (χ1v) is 15.3. The van der Waals surface area contributed by atoms with Crippen molar-refractivity contribution in [1.82, 2.24) is 10.2 Å². The maximum Gasteiger partial charge on any atom is 0.264 e. The zero-order chi connectivity index (χ0) is 28.6. The second kappa shape index (κ2) is 13.6. The monoisotopic (exact) mass is 571 g/mol. The van der Waals surface area contributed by atoms with Gasteiger partial charge in [0.05, 0.1) is 10.6 Å². The number of anilines is 1. The van der Waals surface area contributed by atoms with Gasteiger partial charge in [-0.15, -0.1) is 11.8 Å². The average molecular weight is 572 g/mol. The number of thioether (sulfide) groups is 1. The number of benzene rings is 3. The Morgan fingerprint density at radius 3 is 2.15 bits per heavy atom. The lowest BCUT2D eigenvalue weighted by Gasteiger charge is -2.32. The van der Waals surface area contributed by atoms with Crippen LogP contribution in [0.1, 0.15) is 31.4 Å². The molecular weight excluding hydrogens is 537 g/mol. The highest BCUT2D eigenvalue weighted by molar-refractivity contribution is 7.98. The topological polar surface area (TPSA) is 86.8 Å². The van der Waals surface area contributed by atoms with Crippen molar-refractivity contribution in [3.63, 3.8) is 0 Å². The van der Waals surface area contributed by atoms with Gasteiger partial charge in [0.25, 0.3) is 10.0 Å². The Morgan fingerprint density at radius 1 is 0.974 bits per heavy atom. The van der Waals surface area contributed by atoms with Crippen LogP contribution in [-0.4, -0.2) is 50.5 Å². The van der Waals surface area contributed by atoms with Crippen LogP contribution in [0.15, 0.2) is 82.6 Å². The number of rotatable bonds is 12. The highest BCUT2D eigenvalue weighted by Crippen LogP contribution is 2.26. The minimum atomic E-state index is -4.13. The molecule has 0 unspecified atom stereocenters. The SMILES string of the molecule is CCCNC(=O)[C@H](C)N(Cc1ccc(F)cc1)C(=O)CN(c1ccc(C)cc1)S(=O)(=O)c1ccc(SC)cc1. The summed E-state index contributed by atoms with van der Waals surface area (Å²) in [4.78, 5) is 29.0. The van der Waals surface area contributed by atoms with E-state index in [1.54, 1.807) is 43.3 Å². The maximum atomic E-state index is 13.8. The van der Waals surface area contributed by atoms with Crippen molar-refractivity contribution in [3.05, 3.63) is 89.7 Å². The number of nitrogens with one attached hydrogen (secondary N) is 1. The van der Waals surface area contributed by atoms with E-state index in [9.17, 15) is 22.4 Å². The molecule has 7 nitrogen and oxygen atoms in total. The lowest BCUT2D eigenvalue weighted by Crippen LogP contribution is -2.51. The summed E-state index contributed by atoms with van der Waals surface area (Å²) in [5, 5.41) is 2.79. The van der Waals surface area contributed by atoms with Gasteiger partial charge in [-0.3, -0.25) is 13.9 Å². The van der Waals surface area contributed by atoms with Crippen LogP contribution >= 0.6 is 11.8 Å². The van der Waals surface area contributed by atoms with Crippen LogP contribution in [0.3, 0.4) is 0 Å². The third-order valence-electron chi connectivity index (χ3n) is 6.23. The molecule has 0 fully saturated rings. The molecule has 0 heterocycles. The minimum absolute atomic E-state index is 0.00400. The number of hydrogen-bond donors (Lipinski definition) is 1. The van der Waals surface area contributed by atoms with Gasteiger partial charge in [0.1, 0.15) is 18.4 Å². The average Bonchev–Trinajstić information content (AvgIpc) is 2.94. The number of amides is 2. The molecule has 0 aliphatic heterocycles. The summed E-state index contributed by atoms with van der Waals surface area (Å²) in [6.07, 6.45) is 2.62. The van der Waals surface area contributed by atoms with Gasteiger partial charge in [0, 0.05) is 18.0 Å². The summed E-state index contributed by atoms with van der Waals surface area (Å²) in [5.74, 6) is -1.34. The fourth-order valence-electron chi connectivity index (χ4n) is 3.88. The second-order valence-corrected chi connectivity index (χ2v) is 11.9. The van der Waals surface area contributed by atoms with Crippen LogP contribution in [0.2, 0.25) is 0 Å². The van der Waals surface area contributed by atoms with E-state index < -0.39 is 34.3 Å². The van der Waals surface area contributed by atoms with Gasteiger partial charge < -0.3 is 10.2 Å². The fraction of sp³-hybridized carbons (Fsp3) is 0.310. The number of halogens is 1. The summed E-state index contributed by atoms with van der Waals surface area (Å²) in [5.41, 5.74) is 1.87. The summed E-state index contributed by atoms with van der Waals surface area (Å²) < 4.78 is 42.3. The van der Waals surface area contributed by atoms with E-state index in [0.717, 1.165) is 21.2 Å². The van der Waals surface area contributed by atoms with Gasteiger partial charge in [0.2, 0.25) is 11.8 Å². The normalized spacial score (nSPS) is 12.0. The number of aryl methyl sites for hydroxylation is 1. The Hall–Kier alpha value is -3.37. The second-order valence-electron chi connectivity index (χ2n) is 9.14. The fourth-order valence-corrected chi connectivity index (χ4v) is 5.70. The van der Waals surface area contributed by atoms with Crippen molar-refractivity contribution >= 4 is 39.3 Å². The van der Waals surface area contributed by atoms with Gasteiger partial charge >= 0.3 is 0 Å². The predicted molar refractivity (Wildman–Crippen MR) is 154 cm³/mol. The molecule has 10 heteroatoms. The molecule has 0 aliphatic carbocycles. The molecule has 2 amide bonds. The van der Waals surface area contributed by atoms with E-state index >= 15 is 0 Å². The number of carbonyl (C=O) groups excluding carboxylic acids is 2. The molecule has 1 atom stereocenters. The highest BCUT2D eigenvalue weighted by atomic mass is 32.2. The molecular formula is C29H34FN3O4S2. The van der Waals surface area contributed by atoms with Crippen molar-refractivity contribution in [3.8, 4) is 0 Å². The number of sulfonamides is 1. The summed E-state index contributed by atoms with van der Waals surface area (Å²) in [7, 11) is -4.13. The molecule has 208 valence electrons. The largest absolute Gasteiger partial charge is 0.354 e. The third-order valence-corrected chi connectivity index (χ3v) is 8.76. The standard InChI is InChI=1S/C29H34FN3O4S2/c1-5-18-31-29(35)22(3)32(19-23-8-10-24(30)11-9-23)28(34)20-33(25-12-6-21(2)7-13-25)39(36,37)27-16-14-26(38-4)15-17-27/h6-17,22H,5,18-20H2,1-4H3,(H,31,35)/t22-/m0/s1. The van der Waals surface area contributed by atoms with Gasteiger partial charge in [-0.05, 0) is 80.6 Å². The van der Waals surface area contributed by atoms with E-state index in [4.69, 9.17) is 0 Å². The zero-order valence-electron chi connectivity index (χ0n) is 22.6. The van der Waals surface area contributed by atoms with E-state index in [1.807, 2.05) is 20.1 Å². The Labute approximate surface area is 234 Å². The molecule has 3 rings (SSSR count). The van der Waals surface area contributed by atoms with Crippen molar-refractivity contribution in [2.24, 2.45) is 0 Å². The Morgan fingerprint density at radius 2 is 1.59 bits per heavy atom. The molecule has 0 radical (unpaired) electrons. The summed E-state index contributed by atoms with van der Waals surface area (Å²) in [6.45, 7) is 5.32. The first-order chi connectivity index (χ1) is 18.6. The van der Waals surface area contributed by atoms with Crippen molar-refractivity contribution in [1.29, 1.82) is 0 Å². The molecule has 3 aromatic carbocycles. The van der Waals surface area contributed by atoms with Gasteiger partial charge in [-0.2, -0.15) is 0 Å². The Balaban J connectivity index is 2.00. The lowest BCUT2D eigenvalue weighted by molar-refractivity contribution is -0.139. The molecule has 0 spiro atoms. The molecule has 39 heavy (non-hydrogen) atoms. The van der Waals surface area contributed by atoms with Crippen LogP contribution in [0.25, 0.3) is 0 Å². The predicted octanol–water partition coefficient (Wildman–Crippen LogP) is 4.99. The van der Waals surface area contributed by atoms with Crippen molar-refractivity contribution in [2.45, 2.75) is 49.6 Å². The summed E-state index contributed by atoms with van der Waals surface area (Å²) >= 11 is 1.49. The molecule has 0 saturated carbocycles. The van der Waals surface area contributed by atoms with E-state index in [1.165, 1.54) is 53.1 Å². The number of nitrogens with zero attached hydrogens (tertiary/aromatic N) is 2. The van der Waals surface area contributed by atoms with Crippen LogP contribution in [0.5, 0.6) is 0 Å². The van der Waals surface area contributed by atoms with Crippen LogP contribution in [0, 0.1) is 12.7 Å². The van der Waals surface area contributed by atoms with Crippen molar-refractivity contribution in [2.75, 3.05) is 23.7 Å². The first kappa shape index (κ1) is 30.2. The van der Waals surface area contributed by atoms with Gasteiger partial charge in [-0.25, -0.2) is 12.8 Å². The van der Waals surface area contributed by atoms with E-state index in [0.29, 0.717) is 17.8 Å². The molecule has 1 N–H and O–H groups in total. The van der Waals surface area contributed by atoms with Crippen LogP contribution in [-0.2, 0) is 26.2 Å². The molecule has 0 aromatic heterocycles. The molecule has 3 aromatic rings. The quantitative estimate of drug-likeness (QED) is 0.310. The Bertz CT molecular complexity index is 1360. The zero-order valence-corrected chi connectivity index (χ0v) is 24.2. The van der Waals surface area contributed by atoms with E-state index in [2.05, 4.69) is 5.32 Å². The number of hydrogen-bond acceptors (Lipinski definition) is 5. The lowest BCUT2D eigenvalue weighted by atomic mass is 10.1. The smallest absolute Gasteiger partial charge is 0.264 e. The van der Waals surface area contributed by atoms with Gasteiger partial charge in [-0.1, -0.05) is 36.8 Å². The van der Waals surface area contributed by atoms with Crippen LogP contribution < -0.4 is 9.62 Å². The van der Waals surface area contributed by atoms with Crippen molar-refractivity contribution < 1.29 is 22.4 Å². The van der Waals surface area contributed by atoms with E-state index in [-0.39, 0.29) is 17.3 Å². The van der Waals surface area contributed by atoms with Crippen LogP contribution in [0.4, 0.5) is 10.1 Å². The molecule has 0 bridgehead atoms. The van der Waals surface area contributed by atoms with Gasteiger partial charge in [0.15, 0.2) is 0 Å². The molecule has 0 saturated heterocycles. The molecule has 0 aliphatic rings. The first-order valence-electron chi connectivity index (χ1n) is 12.6. The number of carbonyl (C=O) groups is 2. The minimum Gasteiger partial charge on any atom is -0.354 e.